The lowest BCUT2D eigenvalue weighted by Gasteiger charge is -2.24. The first kappa shape index (κ1) is 23.9. The largest absolute Gasteiger partial charge is 0.507 e. The lowest BCUT2D eigenvalue weighted by Crippen LogP contribution is -2.30. The van der Waals surface area contributed by atoms with Gasteiger partial charge in [0.1, 0.15) is 34.8 Å². The van der Waals surface area contributed by atoms with Gasteiger partial charge in [-0.2, -0.15) is 0 Å². The number of aliphatic hydroxyl groups excluding tert-OH is 1. The smallest absolute Gasteiger partial charge is 0.301 e. The predicted molar refractivity (Wildman–Crippen MR) is 128 cm³/mol. The van der Waals surface area contributed by atoms with Gasteiger partial charge in [0.05, 0.1) is 25.9 Å². The van der Waals surface area contributed by atoms with E-state index in [-0.39, 0.29) is 23.3 Å². The van der Waals surface area contributed by atoms with Crippen LogP contribution in [-0.2, 0) is 9.59 Å². The molecule has 0 saturated carbocycles. The van der Waals surface area contributed by atoms with Crippen LogP contribution in [-0.4, -0.2) is 42.3 Å². The summed E-state index contributed by atoms with van der Waals surface area (Å²) in [7, 11) is 2.98. The van der Waals surface area contributed by atoms with Gasteiger partial charge in [-0.3, -0.25) is 14.5 Å². The van der Waals surface area contributed by atoms with E-state index in [4.69, 9.17) is 18.7 Å². The quantitative estimate of drug-likeness (QED) is 0.302. The summed E-state index contributed by atoms with van der Waals surface area (Å²) in [6.07, 6.45) is -0.0220. The van der Waals surface area contributed by atoms with Gasteiger partial charge < -0.3 is 23.8 Å². The molecule has 0 bridgehead atoms. The summed E-state index contributed by atoms with van der Waals surface area (Å²) in [5, 5.41) is 15.2. The molecule has 3 aromatic rings. The van der Waals surface area contributed by atoms with Gasteiger partial charge in [-0.1, -0.05) is 5.16 Å². The number of aromatic nitrogens is 1. The Morgan fingerprint density at radius 2 is 1.71 bits per heavy atom. The molecule has 0 spiro atoms. The van der Waals surface area contributed by atoms with Gasteiger partial charge in [0, 0.05) is 17.2 Å². The monoisotopic (exact) mass is 478 g/mol. The van der Waals surface area contributed by atoms with Gasteiger partial charge in [-0.05, 0) is 63.2 Å². The first-order chi connectivity index (χ1) is 16.7. The van der Waals surface area contributed by atoms with E-state index < -0.39 is 17.7 Å². The molecular formula is C26H26N2O7. The van der Waals surface area contributed by atoms with Gasteiger partial charge in [0.25, 0.3) is 5.78 Å². The van der Waals surface area contributed by atoms with Gasteiger partial charge in [-0.15, -0.1) is 0 Å². The number of hydrogen-bond acceptors (Lipinski definition) is 8. The number of aliphatic hydroxyl groups is 1. The summed E-state index contributed by atoms with van der Waals surface area (Å²) in [5.74, 6) is 0.0405. The molecule has 1 fully saturated rings. The van der Waals surface area contributed by atoms with Crippen molar-refractivity contribution in [3.8, 4) is 17.2 Å². The van der Waals surface area contributed by atoms with Gasteiger partial charge in [-0.25, -0.2) is 0 Å². The van der Waals surface area contributed by atoms with E-state index in [0.29, 0.717) is 34.1 Å². The molecule has 0 aliphatic carbocycles. The van der Waals surface area contributed by atoms with Crippen molar-refractivity contribution >= 4 is 23.3 Å². The number of benzene rings is 2. The van der Waals surface area contributed by atoms with Crippen LogP contribution in [0.4, 0.5) is 5.82 Å². The molecule has 182 valence electrons. The predicted octanol–water partition coefficient (Wildman–Crippen LogP) is 4.41. The second-order valence-electron chi connectivity index (χ2n) is 8.26. The van der Waals surface area contributed by atoms with Crippen molar-refractivity contribution < 1.29 is 33.4 Å². The van der Waals surface area contributed by atoms with E-state index in [1.165, 1.54) is 19.1 Å². The lowest BCUT2D eigenvalue weighted by atomic mass is 9.94. The Morgan fingerprint density at radius 1 is 1.03 bits per heavy atom. The minimum Gasteiger partial charge on any atom is -0.507 e. The number of amides is 1. The van der Waals surface area contributed by atoms with Crippen LogP contribution in [0, 0.1) is 6.92 Å². The van der Waals surface area contributed by atoms with Gasteiger partial charge >= 0.3 is 5.91 Å². The number of carbonyl (C=O) groups is 2. The molecule has 1 atom stereocenters. The van der Waals surface area contributed by atoms with Crippen LogP contribution in [0.25, 0.3) is 5.76 Å². The van der Waals surface area contributed by atoms with E-state index in [0.717, 1.165) is 0 Å². The molecule has 9 nitrogen and oxygen atoms in total. The van der Waals surface area contributed by atoms with E-state index in [2.05, 4.69) is 5.16 Å². The Kier molecular flexibility index (Phi) is 6.50. The van der Waals surface area contributed by atoms with Crippen molar-refractivity contribution in [1.82, 2.24) is 5.16 Å². The van der Waals surface area contributed by atoms with Crippen LogP contribution in [0.2, 0.25) is 0 Å². The highest BCUT2D eigenvalue weighted by molar-refractivity contribution is 6.51. The third-order valence-corrected chi connectivity index (χ3v) is 5.54. The molecular weight excluding hydrogens is 452 g/mol. The third-order valence-electron chi connectivity index (χ3n) is 5.54. The molecule has 4 rings (SSSR count). The second kappa shape index (κ2) is 9.54. The van der Waals surface area contributed by atoms with Crippen molar-refractivity contribution in [2.24, 2.45) is 0 Å². The SMILES string of the molecule is COc1ccc(OC)c([C@@H]2C(=C(O)c3ccc(OC(C)C)cc3)C(=O)C(=O)N2c2cc(C)on2)c1. The molecule has 0 radical (unpaired) electrons. The number of ketones is 1. The first-order valence-corrected chi connectivity index (χ1v) is 11.0. The fourth-order valence-corrected chi connectivity index (χ4v) is 4.00. The van der Waals surface area contributed by atoms with Crippen molar-refractivity contribution in [3.05, 3.63) is 71.0 Å². The van der Waals surface area contributed by atoms with Crippen molar-refractivity contribution in [2.45, 2.75) is 32.9 Å². The maximum absolute atomic E-state index is 13.3. The number of rotatable bonds is 7. The molecule has 2 aromatic carbocycles. The maximum atomic E-state index is 13.3. The fourth-order valence-electron chi connectivity index (χ4n) is 4.00. The Balaban J connectivity index is 1.93. The number of anilines is 1. The molecule has 1 aromatic heterocycles. The first-order valence-electron chi connectivity index (χ1n) is 11.0. The fraction of sp³-hybridized carbons (Fsp3) is 0.269. The highest BCUT2D eigenvalue weighted by Crippen LogP contribution is 2.45. The van der Waals surface area contributed by atoms with Crippen molar-refractivity contribution in [3.63, 3.8) is 0 Å². The third kappa shape index (κ3) is 4.44. The van der Waals surface area contributed by atoms with Crippen LogP contribution in [0.1, 0.15) is 36.8 Å². The van der Waals surface area contributed by atoms with Crippen LogP contribution in [0.5, 0.6) is 17.2 Å². The Labute approximate surface area is 202 Å². The number of ether oxygens (including phenoxy) is 3. The van der Waals surface area contributed by atoms with Gasteiger partial charge in [0.2, 0.25) is 0 Å². The zero-order valence-electron chi connectivity index (χ0n) is 20.1. The topological polar surface area (TPSA) is 111 Å². The summed E-state index contributed by atoms with van der Waals surface area (Å²) in [6.45, 7) is 5.49. The highest BCUT2D eigenvalue weighted by Gasteiger charge is 2.49. The molecule has 2 heterocycles. The summed E-state index contributed by atoms with van der Waals surface area (Å²) in [5.41, 5.74) is 0.676. The summed E-state index contributed by atoms with van der Waals surface area (Å²) >= 11 is 0. The van der Waals surface area contributed by atoms with Crippen LogP contribution in [0.15, 0.2) is 58.6 Å². The average molecular weight is 479 g/mol. The average Bonchev–Trinajstić information content (AvgIpc) is 3.38. The molecule has 1 N–H and O–H groups in total. The van der Waals surface area contributed by atoms with E-state index >= 15 is 0 Å². The van der Waals surface area contributed by atoms with E-state index in [1.54, 1.807) is 55.5 Å². The number of hydrogen-bond donors (Lipinski definition) is 1. The Morgan fingerprint density at radius 3 is 2.29 bits per heavy atom. The normalized spacial score (nSPS) is 17.2. The van der Waals surface area contributed by atoms with Crippen molar-refractivity contribution in [2.75, 3.05) is 19.1 Å². The van der Waals surface area contributed by atoms with Crippen LogP contribution < -0.4 is 19.1 Å². The molecule has 1 aliphatic heterocycles. The Hall–Kier alpha value is -4.27. The summed E-state index contributed by atoms with van der Waals surface area (Å²) in [6, 6.07) is 12.1. The van der Waals surface area contributed by atoms with Crippen LogP contribution in [0.3, 0.4) is 0 Å². The second-order valence-corrected chi connectivity index (χ2v) is 8.26. The molecule has 35 heavy (non-hydrogen) atoms. The highest BCUT2D eigenvalue weighted by atomic mass is 16.5. The van der Waals surface area contributed by atoms with E-state index in [9.17, 15) is 14.7 Å². The number of carbonyl (C=O) groups excluding carboxylic acids is 2. The minimum atomic E-state index is -1.05. The molecule has 1 saturated heterocycles. The lowest BCUT2D eigenvalue weighted by molar-refractivity contribution is -0.132. The zero-order valence-corrected chi connectivity index (χ0v) is 20.1. The number of methoxy groups -OCH3 is 2. The summed E-state index contributed by atoms with van der Waals surface area (Å²) in [4.78, 5) is 27.7. The number of aryl methyl sites for hydroxylation is 1. The van der Waals surface area contributed by atoms with Gasteiger partial charge in [0.15, 0.2) is 5.82 Å². The number of nitrogens with zero attached hydrogens (tertiary/aromatic N) is 2. The minimum absolute atomic E-state index is 0.0220. The molecule has 1 amide bonds. The summed E-state index contributed by atoms with van der Waals surface area (Å²) < 4.78 is 21.7. The molecule has 9 heteroatoms. The maximum Gasteiger partial charge on any atom is 0.301 e. The van der Waals surface area contributed by atoms with Crippen molar-refractivity contribution in [1.29, 1.82) is 0 Å². The Bertz CT molecular complexity index is 1290. The molecule has 1 aliphatic rings. The number of Topliss-reactive ketones (excluding diaryl/α,β-unsaturated/α-hetero) is 1. The van der Waals surface area contributed by atoms with E-state index in [1.807, 2.05) is 13.8 Å². The zero-order chi connectivity index (χ0) is 25.3. The molecule has 0 unspecified atom stereocenters. The van der Waals surface area contributed by atoms with Crippen LogP contribution >= 0.6 is 0 Å². The standard InChI is InChI=1S/C26H26N2O7/c1-14(2)34-17-8-6-16(7-9-17)24(29)22-23(19-13-18(32-4)10-11-20(19)33-5)28(26(31)25(22)30)21-12-15(3)35-27-21/h6-14,23,29H,1-5H3/t23-/m1/s1.